The zero-order valence-electron chi connectivity index (χ0n) is 10.5. The van der Waals surface area contributed by atoms with Crippen LogP contribution in [0, 0.1) is 5.75 Å². The standard InChI is InChI=1S/C4H6O2.C3H4O2.C2H5O3S.Na/c1-3(2)4(5)6;1-2-3(4)5;1-2-6(3,4)5;/h1H2,2H3,(H,5,6);2H,1H2,(H,4,5);2H,1H3,(H,3,4,5);/q;;-1;+1. The molecule has 18 heavy (non-hydrogen) atoms. The number of hydrogen-bond donors (Lipinski definition) is 3. The van der Waals surface area contributed by atoms with Crippen molar-refractivity contribution in [1.29, 1.82) is 0 Å². The van der Waals surface area contributed by atoms with E-state index in [9.17, 15) is 18.0 Å². The maximum absolute atomic E-state index is 9.60. The van der Waals surface area contributed by atoms with Crippen molar-refractivity contribution in [1.82, 2.24) is 0 Å². The van der Waals surface area contributed by atoms with Crippen molar-refractivity contribution < 1.29 is 62.3 Å². The summed E-state index contributed by atoms with van der Waals surface area (Å²) >= 11 is 0. The Bertz CT molecular complexity index is 360. The number of carboxylic acids is 2. The van der Waals surface area contributed by atoms with Crippen molar-refractivity contribution in [3.8, 4) is 0 Å². The SMILES string of the molecule is C=C(C)C(=O)O.C=CC(=O)O.C[CH-]S(=O)(=O)O.[Na+]. The Morgan fingerprint density at radius 2 is 1.44 bits per heavy atom. The molecule has 0 radical (unpaired) electrons. The predicted octanol–water partition coefficient (Wildman–Crippen LogP) is -2.04. The monoisotopic (exact) mass is 290 g/mol. The van der Waals surface area contributed by atoms with Crippen molar-refractivity contribution in [2.75, 3.05) is 0 Å². The molecule has 0 saturated carbocycles. The van der Waals surface area contributed by atoms with Crippen LogP contribution >= 0.6 is 0 Å². The zero-order valence-corrected chi connectivity index (χ0v) is 13.3. The smallest absolute Gasteiger partial charge is 0.478 e. The van der Waals surface area contributed by atoms with Gasteiger partial charge in [0, 0.05) is 11.6 Å². The number of aliphatic carboxylic acids is 2. The van der Waals surface area contributed by atoms with E-state index in [0.717, 1.165) is 6.08 Å². The minimum Gasteiger partial charge on any atom is -0.478 e. The molecule has 0 aromatic rings. The molecule has 0 fully saturated rings. The van der Waals surface area contributed by atoms with Gasteiger partial charge in [-0.1, -0.05) is 13.2 Å². The van der Waals surface area contributed by atoms with Gasteiger partial charge in [-0.15, -0.1) is 0 Å². The number of carbonyl (C=O) groups is 2. The molecule has 100 valence electrons. The summed E-state index contributed by atoms with van der Waals surface area (Å²) in [4.78, 5) is 18.8. The number of rotatable bonds is 3. The summed E-state index contributed by atoms with van der Waals surface area (Å²) in [5.74, 6) is -1.20. The Hall–Kier alpha value is -0.670. The molecular formula is C9H15NaO7S. The van der Waals surface area contributed by atoms with Gasteiger partial charge >= 0.3 is 41.5 Å². The molecule has 0 saturated heterocycles. The first kappa shape index (κ1) is 26.0. The van der Waals surface area contributed by atoms with Crippen molar-refractivity contribution in [3.05, 3.63) is 30.6 Å². The fourth-order valence-corrected chi connectivity index (χ4v) is 0. The van der Waals surface area contributed by atoms with Crippen LogP contribution < -0.4 is 29.6 Å². The molecule has 0 aliphatic heterocycles. The van der Waals surface area contributed by atoms with Crippen molar-refractivity contribution in [2.45, 2.75) is 13.8 Å². The van der Waals surface area contributed by atoms with Gasteiger partial charge in [0.25, 0.3) is 0 Å². The maximum atomic E-state index is 9.60. The Kier molecular flexibility index (Phi) is 20.8. The molecule has 0 aromatic carbocycles. The summed E-state index contributed by atoms with van der Waals surface area (Å²) < 4.78 is 26.7. The largest absolute Gasteiger partial charge is 1.00 e. The van der Waals surface area contributed by atoms with Crippen LogP contribution in [0.1, 0.15) is 13.8 Å². The zero-order chi connectivity index (χ0) is 14.6. The average Bonchev–Trinajstić information content (AvgIpc) is 2.18. The van der Waals surface area contributed by atoms with E-state index in [2.05, 4.69) is 13.2 Å². The van der Waals surface area contributed by atoms with Crippen LogP contribution in [0.5, 0.6) is 0 Å². The van der Waals surface area contributed by atoms with E-state index in [1.165, 1.54) is 13.8 Å². The van der Waals surface area contributed by atoms with Crippen molar-refractivity contribution >= 4 is 22.1 Å². The number of carboxylic acid groups (broad SMARTS) is 2. The van der Waals surface area contributed by atoms with Crippen molar-refractivity contribution in [2.24, 2.45) is 0 Å². The van der Waals surface area contributed by atoms with E-state index < -0.39 is 22.1 Å². The fourth-order valence-electron chi connectivity index (χ4n) is 0. The average molecular weight is 290 g/mol. The summed E-state index contributed by atoms with van der Waals surface area (Å²) in [6.45, 7) is 8.81. The predicted molar refractivity (Wildman–Crippen MR) is 61.8 cm³/mol. The van der Waals surface area contributed by atoms with Gasteiger partial charge in [-0.3, -0.25) is 0 Å². The van der Waals surface area contributed by atoms with E-state index in [1.54, 1.807) is 0 Å². The minimum absolute atomic E-state index is 0. The maximum Gasteiger partial charge on any atom is 1.00 e. The van der Waals surface area contributed by atoms with Gasteiger partial charge in [0.2, 0.25) is 0 Å². The molecule has 0 bridgehead atoms. The van der Waals surface area contributed by atoms with Crippen LogP contribution in [-0.4, -0.2) is 35.1 Å². The van der Waals surface area contributed by atoms with E-state index in [0.29, 0.717) is 5.75 Å². The molecule has 0 amide bonds. The molecular weight excluding hydrogens is 275 g/mol. The summed E-state index contributed by atoms with van der Waals surface area (Å²) in [5.41, 5.74) is 0.176. The molecule has 0 rings (SSSR count). The first-order valence-corrected chi connectivity index (χ1v) is 5.49. The molecule has 0 spiro atoms. The summed E-state index contributed by atoms with van der Waals surface area (Å²) in [6, 6.07) is 0. The van der Waals surface area contributed by atoms with Gasteiger partial charge in [-0.05, 0) is 6.92 Å². The van der Waals surface area contributed by atoms with Gasteiger partial charge < -0.3 is 14.8 Å². The Labute approximate surface area is 128 Å². The fraction of sp³-hybridized carbons (Fsp3) is 0.222. The van der Waals surface area contributed by atoms with E-state index in [-0.39, 0.29) is 35.1 Å². The third-order valence-electron chi connectivity index (χ3n) is 0.838. The van der Waals surface area contributed by atoms with Gasteiger partial charge in [0.1, 0.15) is 10.1 Å². The quantitative estimate of drug-likeness (QED) is 0.236. The first-order valence-electron chi connectivity index (χ1n) is 3.98. The van der Waals surface area contributed by atoms with Crippen LogP contribution in [0.3, 0.4) is 0 Å². The Morgan fingerprint density at radius 3 is 1.44 bits per heavy atom. The van der Waals surface area contributed by atoms with Gasteiger partial charge in [0.05, 0.1) is 0 Å². The molecule has 0 heterocycles. The van der Waals surface area contributed by atoms with Crippen LogP contribution in [0.25, 0.3) is 0 Å². The second kappa shape index (κ2) is 14.4. The Balaban J connectivity index is -0.0000000799. The molecule has 0 unspecified atom stereocenters. The summed E-state index contributed by atoms with van der Waals surface area (Å²) in [6.07, 6.45) is 0.833. The molecule has 0 atom stereocenters. The first-order chi connectivity index (χ1) is 7.47. The molecule has 0 aromatic heterocycles. The minimum atomic E-state index is -3.79. The van der Waals surface area contributed by atoms with Crippen molar-refractivity contribution in [3.63, 3.8) is 0 Å². The normalized spacial score (nSPS) is 8.17. The van der Waals surface area contributed by atoms with Gasteiger partial charge in [0.15, 0.2) is 0 Å². The summed E-state index contributed by atoms with van der Waals surface area (Å²) in [5, 5.41) is 15.5. The topological polar surface area (TPSA) is 129 Å². The van der Waals surface area contributed by atoms with Crippen LogP contribution in [0.4, 0.5) is 0 Å². The van der Waals surface area contributed by atoms with Crippen LogP contribution in [-0.2, 0) is 19.7 Å². The molecule has 7 nitrogen and oxygen atoms in total. The van der Waals surface area contributed by atoms with Gasteiger partial charge in [-0.25, -0.2) is 18.0 Å². The number of hydrogen-bond acceptors (Lipinski definition) is 4. The second-order valence-electron chi connectivity index (χ2n) is 2.38. The molecule has 0 aliphatic carbocycles. The van der Waals surface area contributed by atoms with Gasteiger partial charge in [-0.2, -0.15) is 12.7 Å². The summed E-state index contributed by atoms with van der Waals surface area (Å²) in [7, 11) is -3.79. The third kappa shape index (κ3) is 45.4. The molecule has 9 heteroatoms. The van der Waals surface area contributed by atoms with E-state index >= 15 is 0 Å². The van der Waals surface area contributed by atoms with Crippen LogP contribution in [0.15, 0.2) is 24.8 Å². The van der Waals surface area contributed by atoms with E-state index in [4.69, 9.17) is 14.8 Å². The third-order valence-corrected chi connectivity index (χ3v) is 1.43. The van der Waals surface area contributed by atoms with E-state index in [1.807, 2.05) is 0 Å². The Morgan fingerprint density at radius 1 is 1.28 bits per heavy atom. The molecule has 3 N–H and O–H groups in total. The van der Waals surface area contributed by atoms with Crippen LogP contribution in [0.2, 0.25) is 0 Å². The molecule has 0 aliphatic rings. The second-order valence-corrected chi connectivity index (χ2v) is 3.88.